The van der Waals surface area contributed by atoms with Gasteiger partial charge in [0, 0.05) is 0 Å². The summed E-state index contributed by atoms with van der Waals surface area (Å²) < 4.78 is 41.9. The number of hydrogen-bond donors (Lipinski definition) is 4. The Hall–Kier alpha value is -0.740. The van der Waals surface area contributed by atoms with Crippen LogP contribution in [0.3, 0.4) is 0 Å². The summed E-state index contributed by atoms with van der Waals surface area (Å²) >= 11 is 0. The van der Waals surface area contributed by atoms with E-state index in [-0.39, 0.29) is 68.6 Å². The summed E-state index contributed by atoms with van der Waals surface area (Å²) in [5, 5.41) is 24.6. The molecule has 0 aromatic rings. The van der Waals surface area contributed by atoms with Crippen LogP contribution in [0.5, 0.6) is 0 Å². The van der Waals surface area contributed by atoms with E-state index < -0.39 is 70.1 Å². The van der Waals surface area contributed by atoms with Crippen molar-refractivity contribution in [1.82, 2.24) is 0 Å². The second-order valence-electron chi connectivity index (χ2n) is 8.47. The molecule has 0 aliphatic heterocycles. The Bertz CT molecular complexity index is 857. The molecule has 0 radical (unpaired) electrons. The first-order chi connectivity index (χ1) is 16.7. The molecule has 1 atom stereocenters. The molecular weight excluding hydrogens is 550 g/mol. The second kappa shape index (κ2) is 22.0. The molecule has 0 fully saturated rings. The van der Waals surface area contributed by atoms with E-state index in [9.17, 15) is 42.0 Å². The van der Waals surface area contributed by atoms with E-state index in [1.54, 1.807) is 0 Å². The first-order valence-electron chi connectivity index (χ1n) is 11.8. The van der Waals surface area contributed by atoms with E-state index >= 15 is 0 Å². The third-order valence-electron chi connectivity index (χ3n) is 5.29. The van der Waals surface area contributed by atoms with E-state index in [0.717, 1.165) is 25.7 Å². The molecule has 16 heteroatoms. The average Bonchev–Trinajstić information content (AvgIpc) is 2.73. The number of esters is 2. The average molecular weight is 589 g/mol. The first-order valence-corrected chi connectivity index (χ1v) is 13.3. The number of rotatable bonds is 21. The molecule has 38 heavy (non-hydrogen) atoms. The van der Waals surface area contributed by atoms with Gasteiger partial charge in [-0.1, -0.05) is 64.7 Å². The zero-order valence-electron chi connectivity index (χ0n) is 24.3. The van der Waals surface area contributed by atoms with Gasteiger partial charge >= 0.3 is 89.0 Å². The molecule has 0 aliphatic rings. The van der Waals surface area contributed by atoms with Gasteiger partial charge in [-0.2, -0.15) is 8.42 Å². The van der Waals surface area contributed by atoms with Crippen molar-refractivity contribution in [1.29, 1.82) is 0 Å². The molecule has 0 saturated carbocycles. The SMILES string of the molecule is CCCCCCCCCCCCOC(=O)C(CC(=O)OC(CC(=O)O)(CC(=O)O)C(=O)O)S(=O)(=O)O.[H-].[H-].[Na+].[Na+]. The fourth-order valence-electron chi connectivity index (χ4n) is 3.39. The Morgan fingerprint density at radius 1 is 0.789 bits per heavy atom. The van der Waals surface area contributed by atoms with Crippen LogP contribution in [0.2, 0.25) is 0 Å². The fraction of sp³-hybridized carbons (Fsp3) is 0.773. The van der Waals surface area contributed by atoms with E-state index in [2.05, 4.69) is 11.7 Å². The Morgan fingerprint density at radius 2 is 1.21 bits per heavy atom. The molecule has 212 valence electrons. The van der Waals surface area contributed by atoms with Gasteiger partial charge in [-0.05, 0) is 6.42 Å². The Kier molecular flexibility index (Phi) is 24.2. The topological polar surface area (TPSA) is 219 Å². The molecule has 0 amide bonds. The molecular formula is C22H38Na2O13S. The fourth-order valence-corrected chi connectivity index (χ4v) is 4.05. The maximum absolute atomic E-state index is 12.2. The summed E-state index contributed by atoms with van der Waals surface area (Å²) in [6, 6.07) is 0. The van der Waals surface area contributed by atoms with Crippen LogP contribution >= 0.6 is 0 Å². The number of ether oxygens (including phenoxy) is 2. The molecule has 13 nitrogen and oxygen atoms in total. The van der Waals surface area contributed by atoms with Gasteiger partial charge < -0.3 is 27.6 Å². The zero-order valence-corrected chi connectivity index (χ0v) is 27.2. The Morgan fingerprint density at radius 3 is 1.58 bits per heavy atom. The molecule has 0 heterocycles. The standard InChI is InChI=1S/C22H36O13S.2Na.2H/c1-2-3-4-5-6-7-8-9-10-11-12-34-20(28)16(36(31,32)33)13-19(27)35-22(21(29)30,14-17(23)24)15-18(25)26;;;;/h16H,2-15H2,1H3,(H,23,24)(H,25,26)(H,29,30)(H,31,32,33);;;;/q;2*+1;2*-1. The molecule has 0 aliphatic carbocycles. The van der Waals surface area contributed by atoms with Crippen molar-refractivity contribution >= 4 is 40.0 Å². The maximum atomic E-state index is 12.2. The van der Waals surface area contributed by atoms with Crippen LogP contribution in [0.4, 0.5) is 0 Å². The van der Waals surface area contributed by atoms with Crippen molar-refractivity contribution in [3.63, 3.8) is 0 Å². The van der Waals surface area contributed by atoms with Gasteiger partial charge in [0.05, 0.1) is 25.9 Å². The quantitative estimate of drug-likeness (QED) is 0.0446. The smallest absolute Gasteiger partial charge is 1.00 e. The molecule has 1 unspecified atom stereocenters. The number of carbonyl (C=O) groups excluding carboxylic acids is 2. The van der Waals surface area contributed by atoms with Crippen LogP contribution in [0.1, 0.15) is 93.2 Å². The molecule has 0 bridgehead atoms. The number of carboxylic acid groups (broad SMARTS) is 3. The van der Waals surface area contributed by atoms with Crippen LogP contribution in [0.25, 0.3) is 0 Å². The predicted octanol–water partition coefficient (Wildman–Crippen LogP) is -3.35. The number of carbonyl (C=O) groups is 5. The minimum atomic E-state index is -5.20. The summed E-state index contributed by atoms with van der Waals surface area (Å²) in [5.41, 5.74) is -3.06. The zero-order chi connectivity index (χ0) is 27.8. The van der Waals surface area contributed by atoms with Crippen molar-refractivity contribution in [3.8, 4) is 0 Å². The van der Waals surface area contributed by atoms with Gasteiger partial charge in [0.25, 0.3) is 10.1 Å². The van der Waals surface area contributed by atoms with Gasteiger partial charge in [0.2, 0.25) is 5.60 Å². The number of aliphatic carboxylic acids is 3. The monoisotopic (exact) mass is 588 g/mol. The van der Waals surface area contributed by atoms with Crippen LogP contribution in [0, 0.1) is 0 Å². The van der Waals surface area contributed by atoms with Crippen molar-refractivity contribution in [2.24, 2.45) is 0 Å². The van der Waals surface area contributed by atoms with Gasteiger partial charge in [-0.15, -0.1) is 0 Å². The normalized spacial score (nSPS) is 11.8. The maximum Gasteiger partial charge on any atom is 1.00 e. The summed E-state index contributed by atoms with van der Waals surface area (Å²) in [7, 11) is -5.20. The molecule has 0 saturated heterocycles. The number of carboxylic acids is 3. The van der Waals surface area contributed by atoms with E-state index in [1.807, 2.05) is 0 Å². The van der Waals surface area contributed by atoms with E-state index in [4.69, 9.17) is 14.9 Å². The van der Waals surface area contributed by atoms with Crippen molar-refractivity contribution in [3.05, 3.63) is 0 Å². The predicted molar refractivity (Wildman–Crippen MR) is 126 cm³/mol. The van der Waals surface area contributed by atoms with Gasteiger partial charge in [0.1, 0.15) is 0 Å². The van der Waals surface area contributed by atoms with E-state index in [1.165, 1.54) is 25.7 Å². The van der Waals surface area contributed by atoms with Crippen LogP contribution < -0.4 is 59.1 Å². The van der Waals surface area contributed by atoms with Crippen molar-refractivity contribution < 1.29 is 124 Å². The summed E-state index contributed by atoms with van der Waals surface area (Å²) in [5.74, 6) is -8.93. The summed E-state index contributed by atoms with van der Waals surface area (Å²) in [4.78, 5) is 57.9. The number of unbranched alkanes of at least 4 members (excludes halogenated alkanes) is 9. The van der Waals surface area contributed by atoms with Crippen molar-refractivity contribution in [2.75, 3.05) is 6.61 Å². The van der Waals surface area contributed by atoms with Crippen LogP contribution in [-0.4, -0.2) is 75.6 Å². The molecule has 0 spiro atoms. The Balaban J connectivity index is -0.00000102. The summed E-state index contributed by atoms with van der Waals surface area (Å²) in [6.45, 7) is 1.96. The Labute approximate surface area is 269 Å². The molecule has 4 N–H and O–H groups in total. The minimum absolute atomic E-state index is 0. The molecule has 0 aromatic carbocycles. The number of hydrogen-bond acceptors (Lipinski definition) is 9. The third-order valence-corrected chi connectivity index (χ3v) is 6.37. The largest absolute Gasteiger partial charge is 1.00 e. The van der Waals surface area contributed by atoms with Gasteiger partial charge in [0.15, 0.2) is 5.25 Å². The molecule has 0 rings (SSSR count). The van der Waals surface area contributed by atoms with Crippen molar-refractivity contribution in [2.45, 2.75) is 101 Å². The van der Waals surface area contributed by atoms with Gasteiger partial charge in [-0.3, -0.25) is 23.7 Å². The first kappa shape index (κ1) is 41.7. The minimum Gasteiger partial charge on any atom is -1.00 e. The summed E-state index contributed by atoms with van der Waals surface area (Å²) in [6.07, 6.45) is 5.70. The third kappa shape index (κ3) is 18.5. The molecule has 0 aromatic heterocycles. The second-order valence-corrected chi connectivity index (χ2v) is 10.1. The van der Waals surface area contributed by atoms with Crippen LogP contribution in [-0.2, 0) is 43.6 Å². The van der Waals surface area contributed by atoms with Crippen LogP contribution in [0.15, 0.2) is 0 Å². The van der Waals surface area contributed by atoms with E-state index in [0.29, 0.717) is 12.8 Å². The van der Waals surface area contributed by atoms with Gasteiger partial charge in [-0.25, -0.2) is 4.79 Å².